The van der Waals surface area contributed by atoms with E-state index in [-0.39, 0.29) is 11.6 Å². The van der Waals surface area contributed by atoms with E-state index in [4.69, 9.17) is 9.72 Å². The number of benzene rings is 2. The topological polar surface area (TPSA) is 115 Å². The Morgan fingerprint density at radius 3 is 2.58 bits per heavy atom. The molecule has 4 rings (SSSR count). The van der Waals surface area contributed by atoms with Gasteiger partial charge in [0.25, 0.3) is 11.6 Å². The second kappa shape index (κ2) is 9.25. The van der Waals surface area contributed by atoms with Gasteiger partial charge in [0.2, 0.25) is 0 Å². The molecule has 0 aliphatic carbocycles. The molecule has 1 amide bonds. The van der Waals surface area contributed by atoms with E-state index in [0.29, 0.717) is 30.4 Å². The smallest absolute Gasteiger partial charge is 0.269 e. The zero-order valence-corrected chi connectivity index (χ0v) is 18.7. The van der Waals surface area contributed by atoms with E-state index in [0.717, 1.165) is 34.3 Å². The lowest BCUT2D eigenvalue weighted by molar-refractivity contribution is -0.384. The van der Waals surface area contributed by atoms with Crippen molar-refractivity contribution in [3.05, 3.63) is 75.5 Å². The van der Waals surface area contributed by atoms with Crippen molar-refractivity contribution in [2.45, 2.75) is 26.8 Å². The number of hydrogen-bond acceptors (Lipinski definition) is 5. The molecule has 0 spiro atoms. The van der Waals surface area contributed by atoms with Crippen molar-refractivity contribution in [2.75, 3.05) is 19.0 Å². The molecule has 170 valence electrons. The number of para-hydroxylation sites is 2. The molecular weight excluding hydrogens is 422 g/mol. The number of amides is 1. The lowest BCUT2D eigenvalue weighted by atomic mass is 10.1. The summed E-state index contributed by atoms with van der Waals surface area (Å²) >= 11 is 0. The first-order chi connectivity index (χ1) is 15.9. The minimum absolute atomic E-state index is 0.0656. The number of carbonyl (C=O) groups excluding carboxylic acids is 1. The summed E-state index contributed by atoms with van der Waals surface area (Å²) in [5, 5.41) is 14.0. The number of fused-ring (bicyclic) bond motifs is 1. The lowest BCUT2D eigenvalue weighted by Crippen LogP contribution is -2.17. The molecule has 0 unspecified atom stereocenters. The van der Waals surface area contributed by atoms with Crippen molar-refractivity contribution in [2.24, 2.45) is 0 Å². The van der Waals surface area contributed by atoms with Crippen LogP contribution in [0.25, 0.3) is 22.4 Å². The van der Waals surface area contributed by atoms with E-state index in [9.17, 15) is 14.9 Å². The number of imidazole rings is 1. The number of aromatic nitrogens is 3. The molecule has 9 nitrogen and oxygen atoms in total. The molecule has 0 bridgehead atoms. The van der Waals surface area contributed by atoms with Crippen LogP contribution in [0.1, 0.15) is 28.0 Å². The third-order valence-corrected chi connectivity index (χ3v) is 5.76. The molecule has 33 heavy (non-hydrogen) atoms. The number of methoxy groups -OCH3 is 1. The summed E-state index contributed by atoms with van der Waals surface area (Å²) in [7, 11) is 1.66. The minimum Gasteiger partial charge on any atom is -0.385 e. The van der Waals surface area contributed by atoms with Crippen molar-refractivity contribution in [1.29, 1.82) is 0 Å². The van der Waals surface area contributed by atoms with E-state index in [1.807, 2.05) is 38.1 Å². The number of nitro benzene ring substituents is 1. The predicted octanol–water partition coefficient (Wildman–Crippen LogP) is 4.85. The SMILES string of the molecule is COCCCn1c(C)c(C)c(-c2nc3ccccc3[nH]2)c1NC(=O)c1ccc([N+](=O)[O-])cc1. The third kappa shape index (κ3) is 4.35. The Morgan fingerprint density at radius 2 is 1.91 bits per heavy atom. The van der Waals surface area contributed by atoms with Crippen molar-refractivity contribution in [3.8, 4) is 11.4 Å². The molecule has 0 aliphatic rings. The van der Waals surface area contributed by atoms with Crippen LogP contribution in [0.15, 0.2) is 48.5 Å². The molecule has 2 aromatic heterocycles. The van der Waals surface area contributed by atoms with Gasteiger partial charge >= 0.3 is 0 Å². The quantitative estimate of drug-likeness (QED) is 0.228. The Morgan fingerprint density at radius 1 is 1.18 bits per heavy atom. The summed E-state index contributed by atoms with van der Waals surface area (Å²) in [4.78, 5) is 31.7. The number of rotatable bonds is 8. The number of hydrogen-bond donors (Lipinski definition) is 2. The number of nitro groups is 1. The molecular formula is C24H25N5O4. The predicted molar refractivity (Wildman–Crippen MR) is 127 cm³/mol. The molecule has 0 saturated carbocycles. The molecule has 0 fully saturated rings. The highest BCUT2D eigenvalue weighted by molar-refractivity contribution is 6.06. The van der Waals surface area contributed by atoms with Gasteiger partial charge in [-0.3, -0.25) is 14.9 Å². The van der Waals surface area contributed by atoms with Gasteiger partial charge in [0.05, 0.1) is 21.5 Å². The molecule has 0 saturated heterocycles. The maximum absolute atomic E-state index is 13.1. The fourth-order valence-electron chi connectivity index (χ4n) is 3.92. The Bertz CT molecular complexity index is 1290. The third-order valence-electron chi connectivity index (χ3n) is 5.76. The zero-order valence-electron chi connectivity index (χ0n) is 18.7. The van der Waals surface area contributed by atoms with E-state index in [2.05, 4.69) is 14.9 Å². The van der Waals surface area contributed by atoms with Crippen LogP contribution in [0.5, 0.6) is 0 Å². The summed E-state index contributed by atoms with van der Waals surface area (Å²) in [5.41, 5.74) is 4.84. The van der Waals surface area contributed by atoms with Crippen molar-refractivity contribution in [1.82, 2.24) is 14.5 Å². The van der Waals surface area contributed by atoms with E-state index < -0.39 is 4.92 Å². The fraction of sp³-hybridized carbons (Fsp3) is 0.250. The van der Waals surface area contributed by atoms with Gasteiger partial charge in [-0.2, -0.15) is 0 Å². The van der Waals surface area contributed by atoms with Crippen LogP contribution >= 0.6 is 0 Å². The van der Waals surface area contributed by atoms with Crippen molar-refractivity contribution >= 4 is 28.4 Å². The van der Waals surface area contributed by atoms with Crippen LogP contribution in [0.2, 0.25) is 0 Å². The van der Waals surface area contributed by atoms with Crippen LogP contribution in [0.4, 0.5) is 11.5 Å². The van der Waals surface area contributed by atoms with Gasteiger partial charge in [-0.05, 0) is 50.1 Å². The molecule has 9 heteroatoms. The first-order valence-electron chi connectivity index (χ1n) is 10.6. The Kier molecular flexibility index (Phi) is 6.23. The monoisotopic (exact) mass is 447 g/mol. The maximum atomic E-state index is 13.1. The van der Waals surface area contributed by atoms with E-state index >= 15 is 0 Å². The highest BCUT2D eigenvalue weighted by Gasteiger charge is 2.23. The molecule has 2 N–H and O–H groups in total. The van der Waals surface area contributed by atoms with Gasteiger partial charge in [0.1, 0.15) is 11.6 Å². The van der Waals surface area contributed by atoms with Gasteiger partial charge in [0.15, 0.2) is 0 Å². The number of H-pyrrole nitrogens is 1. The number of aromatic amines is 1. The molecule has 4 aromatic rings. The normalized spacial score (nSPS) is 11.1. The fourth-order valence-corrected chi connectivity index (χ4v) is 3.92. The minimum atomic E-state index is -0.491. The highest BCUT2D eigenvalue weighted by Crippen LogP contribution is 2.36. The number of nitrogens with one attached hydrogen (secondary N) is 2. The number of anilines is 1. The Balaban J connectivity index is 1.77. The Hall–Kier alpha value is -3.98. The van der Waals surface area contributed by atoms with Crippen molar-refractivity contribution in [3.63, 3.8) is 0 Å². The van der Waals surface area contributed by atoms with Crippen LogP contribution in [0, 0.1) is 24.0 Å². The van der Waals surface area contributed by atoms with Gasteiger partial charge in [-0.15, -0.1) is 0 Å². The van der Waals surface area contributed by atoms with E-state index in [1.54, 1.807) is 7.11 Å². The number of ether oxygens (including phenoxy) is 1. The summed E-state index contributed by atoms with van der Waals surface area (Å²) in [5.74, 6) is 0.942. The summed E-state index contributed by atoms with van der Waals surface area (Å²) in [6.07, 6.45) is 0.769. The van der Waals surface area contributed by atoms with Gasteiger partial charge in [-0.1, -0.05) is 12.1 Å². The van der Waals surface area contributed by atoms with Crippen molar-refractivity contribution < 1.29 is 14.5 Å². The van der Waals surface area contributed by atoms with E-state index in [1.165, 1.54) is 24.3 Å². The van der Waals surface area contributed by atoms with Gasteiger partial charge in [-0.25, -0.2) is 4.98 Å². The zero-order chi connectivity index (χ0) is 23.5. The second-order valence-electron chi connectivity index (χ2n) is 7.79. The number of non-ortho nitro benzene ring substituents is 1. The first kappa shape index (κ1) is 22.2. The highest BCUT2D eigenvalue weighted by atomic mass is 16.6. The largest absolute Gasteiger partial charge is 0.385 e. The molecule has 0 atom stereocenters. The second-order valence-corrected chi connectivity index (χ2v) is 7.79. The lowest BCUT2D eigenvalue weighted by Gasteiger charge is -2.14. The summed E-state index contributed by atoms with van der Waals surface area (Å²) in [6.45, 7) is 5.25. The average molecular weight is 447 g/mol. The van der Waals surface area contributed by atoms with Gasteiger partial charge in [0, 0.05) is 43.7 Å². The number of nitrogens with zero attached hydrogens (tertiary/aromatic N) is 3. The first-order valence-corrected chi connectivity index (χ1v) is 10.6. The van der Waals surface area contributed by atoms with Crippen LogP contribution in [0.3, 0.4) is 0 Å². The number of carbonyl (C=O) groups is 1. The standard InChI is InChI=1S/C24H25N5O4/c1-15-16(2)28(13-6-14-33-3)23(21(15)22-25-19-7-4-5-8-20(19)26-22)27-24(30)17-9-11-18(12-10-17)29(31)32/h4-5,7-12H,6,13-14H2,1-3H3,(H,25,26)(H,27,30). The van der Waals surface area contributed by atoms with Crippen LogP contribution in [-0.4, -0.2) is 39.1 Å². The molecule has 2 heterocycles. The maximum Gasteiger partial charge on any atom is 0.269 e. The summed E-state index contributed by atoms with van der Waals surface area (Å²) < 4.78 is 7.27. The average Bonchev–Trinajstić information content (AvgIpc) is 3.33. The van der Waals surface area contributed by atoms with Crippen LogP contribution in [-0.2, 0) is 11.3 Å². The van der Waals surface area contributed by atoms with Gasteiger partial charge < -0.3 is 19.6 Å². The molecule has 2 aromatic carbocycles. The summed E-state index contributed by atoms with van der Waals surface area (Å²) in [6, 6.07) is 13.3. The molecule has 0 aliphatic heterocycles. The molecule has 0 radical (unpaired) electrons. The van der Waals surface area contributed by atoms with Crippen LogP contribution < -0.4 is 5.32 Å². The Labute approximate surface area is 190 Å².